The molecule has 1 aromatic rings. The molecule has 0 aliphatic carbocycles. The largest absolute Gasteiger partial charge is 0.495 e. The van der Waals surface area contributed by atoms with E-state index in [-0.39, 0.29) is 12.2 Å². The fourth-order valence-corrected chi connectivity index (χ4v) is 1.78. The van der Waals surface area contributed by atoms with E-state index in [1.807, 2.05) is 13.8 Å². The second-order valence-electron chi connectivity index (χ2n) is 4.96. The molecule has 0 fully saturated rings. The molecule has 6 heteroatoms. The molecule has 1 unspecified atom stereocenters. The zero-order valence-electron chi connectivity index (χ0n) is 11.9. The van der Waals surface area contributed by atoms with Crippen molar-refractivity contribution >= 4 is 11.7 Å². The van der Waals surface area contributed by atoms with Crippen LogP contribution in [0, 0.1) is 11.7 Å². The normalized spacial score (nSPS) is 12.1. The molecule has 0 heterocycles. The van der Waals surface area contributed by atoms with Gasteiger partial charge in [0.2, 0.25) is 0 Å². The van der Waals surface area contributed by atoms with Crippen LogP contribution < -0.4 is 15.4 Å². The number of aliphatic hydroxyl groups is 1. The summed E-state index contributed by atoms with van der Waals surface area (Å²) in [5, 5.41) is 14.7. The molecular weight excluding hydrogens is 263 g/mol. The molecule has 0 bridgehead atoms. The van der Waals surface area contributed by atoms with Gasteiger partial charge in [-0.2, -0.15) is 0 Å². The van der Waals surface area contributed by atoms with Gasteiger partial charge in [0.1, 0.15) is 11.6 Å². The third-order valence-corrected chi connectivity index (χ3v) is 2.65. The number of hydrogen-bond acceptors (Lipinski definition) is 3. The molecular formula is C14H21FN2O3. The average molecular weight is 284 g/mol. The predicted molar refractivity (Wildman–Crippen MR) is 75.4 cm³/mol. The monoisotopic (exact) mass is 284 g/mol. The average Bonchev–Trinajstić information content (AvgIpc) is 2.36. The van der Waals surface area contributed by atoms with Gasteiger partial charge >= 0.3 is 6.03 Å². The van der Waals surface area contributed by atoms with Crippen molar-refractivity contribution in [3.63, 3.8) is 0 Å². The number of amides is 2. The summed E-state index contributed by atoms with van der Waals surface area (Å²) >= 11 is 0. The Morgan fingerprint density at radius 3 is 2.75 bits per heavy atom. The predicted octanol–water partition coefficient (Wildman–Crippen LogP) is 2.36. The summed E-state index contributed by atoms with van der Waals surface area (Å²) in [6.07, 6.45) is -0.000948. The summed E-state index contributed by atoms with van der Waals surface area (Å²) < 4.78 is 18.1. The van der Waals surface area contributed by atoms with Crippen molar-refractivity contribution in [3.05, 3.63) is 24.0 Å². The molecule has 1 aromatic carbocycles. The SMILES string of the molecule is COc1ccc(F)cc1NC(=O)NCC(O)CC(C)C. The maximum absolute atomic E-state index is 13.1. The number of carbonyl (C=O) groups excluding carboxylic acids is 1. The summed E-state index contributed by atoms with van der Waals surface area (Å²) in [5.41, 5.74) is 0.239. The van der Waals surface area contributed by atoms with Crippen molar-refractivity contribution in [2.75, 3.05) is 19.0 Å². The first-order chi connectivity index (χ1) is 9.42. The first-order valence-corrected chi connectivity index (χ1v) is 6.48. The molecule has 0 saturated carbocycles. The Labute approximate surface area is 118 Å². The number of rotatable bonds is 6. The number of nitrogens with one attached hydrogen (secondary N) is 2. The Morgan fingerprint density at radius 1 is 1.45 bits per heavy atom. The van der Waals surface area contributed by atoms with Gasteiger partial charge in [0.05, 0.1) is 18.9 Å². The second-order valence-corrected chi connectivity index (χ2v) is 4.96. The minimum Gasteiger partial charge on any atom is -0.495 e. The van der Waals surface area contributed by atoms with Gasteiger partial charge in [0, 0.05) is 12.6 Å². The van der Waals surface area contributed by atoms with Crippen LogP contribution in [-0.2, 0) is 0 Å². The van der Waals surface area contributed by atoms with Crippen LogP contribution in [0.3, 0.4) is 0 Å². The minimum absolute atomic E-state index is 0.141. The van der Waals surface area contributed by atoms with Crippen LogP contribution >= 0.6 is 0 Å². The third kappa shape index (κ3) is 5.44. The molecule has 3 N–H and O–H groups in total. The molecule has 0 aliphatic heterocycles. The van der Waals surface area contributed by atoms with Gasteiger partial charge in [-0.1, -0.05) is 13.8 Å². The number of halogens is 1. The summed E-state index contributed by atoms with van der Waals surface area (Å²) in [5.74, 6) is 0.239. The first kappa shape index (κ1) is 16.2. The van der Waals surface area contributed by atoms with Gasteiger partial charge < -0.3 is 20.5 Å². The molecule has 112 valence electrons. The molecule has 2 amide bonds. The Balaban J connectivity index is 2.52. The highest BCUT2D eigenvalue weighted by Gasteiger charge is 2.11. The van der Waals surface area contributed by atoms with Gasteiger partial charge in [0.25, 0.3) is 0 Å². The van der Waals surface area contributed by atoms with E-state index in [2.05, 4.69) is 10.6 Å². The highest BCUT2D eigenvalue weighted by Crippen LogP contribution is 2.24. The maximum atomic E-state index is 13.1. The summed E-state index contributed by atoms with van der Waals surface area (Å²) in [7, 11) is 1.43. The van der Waals surface area contributed by atoms with E-state index < -0.39 is 18.0 Å². The van der Waals surface area contributed by atoms with Gasteiger partial charge in [-0.25, -0.2) is 9.18 Å². The summed E-state index contributed by atoms with van der Waals surface area (Å²) in [6, 6.07) is 3.33. The standard InChI is InChI=1S/C14H21FN2O3/c1-9(2)6-11(18)8-16-14(19)17-12-7-10(15)4-5-13(12)20-3/h4-5,7,9,11,18H,6,8H2,1-3H3,(H2,16,17,19). The van der Waals surface area contributed by atoms with Crippen molar-refractivity contribution in [3.8, 4) is 5.75 Å². The van der Waals surface area contributed by atoms with Gasteiger partial charge in [0.15, 0.2) is 0 Å². The van der Waals surface area contributed by atoms with E-state index in [9.17, 15) is 14.3 Å². The van der Waals surface area contributed by atoms with Crippen LogP contribution in [0.1, 0.15) is 20.3 Å². The summed E-state index contributed by atoms with van der Waals surface area (Å²) in [4.78, 5) is 11.7. The van der Waals surface area contributed by atoms with E-state index in [0.717, 1.165) is 0 Å². The Hall–Kier alpha value is -1.82. The molecule has 20 heavy (non-hydrogen) atoms. The van der Waals surface area contributed by atoms with Crippen LogP contribution in [0.4, 0.5) is 14.9 Å². The zero-order valence-corrected chi connectivity index (χ0v) is 11.9. The van der Waals surface area contributed by atoms with Crippen LogP contribution in [0.25, 0.3) is 0 Å². The lowest BCUT2D eigenvalue weighted by molar-refractivity contribution is 0.148. The Bertz CT molecular complexity index is 452. The lowest BCUT2D eigenvalue weighted by Gasteiger charge is -2.15. The number of benzene rings is 1. The van der Waals surface area contributed by atoms with Gasteiger partial charge in [-0.15, -0.1) is 0 Å². The number of ether oxygens (including phenoxy) is 1. The van der Waals surface area contributed by atoms with Crippen molar-refractivity contribution in [2.24, 2.45) is 5.92 Å². The quantitative estimate of drug-likeness (QED) is 0.751. The number of hydrogen-bond donors (Lipinski definition) is 3. The molecule has 1 rings (SSSR count). The van der Waals surface area contributed by atoms with Crippen LogP contribution in [0.15, 0.2) is 18.2 Å². The van der Waals surface area contributed by atoms with Gasteiger partial charge in [-0.3, -0.25) is 0 Å². The van der Waals surface area contributed by atoms with Crippen LogP contribution in [0.5, 0.6) is 5.75 Å². The molecule has 0 aliphatic rings. The lowest BCUT2D eigenvalue weighted by atomic mass is 10.1. The topological polar surface area (TPSA) is 70.6 Å². The zero-order chi connectivity index (χ0) is 15.1. The Kier molecular flexibility index (Phi) is 6.24. The number of methoxy groups -OCH3 is 1. The van der Waals surface area contributed by atoms with Crippen molar-refractivity contribution < 1.29 is 19.0 Å². The van der Waals surface area contributed by atoms with Crippen LogP contribution in [-0.4, -0.2) is 30.9 Å². The second kappa shape index (κ2) is 7.69. The third-order valence-electron chi connectivity index (χ3n) is 2.65. The van der Waals surface area contributed by atoms with E-state index in [0.29, 0.717) is 18.1 Å². The fraction of sp³-hybridized carbons (Fsp3) is 0.500. The smallest absolute Gasteiger partial charge is 0.319 e. The number of aliphatic hydroxyl groups excluding tert-OH is 1. The number of anilines is 1. The summed E-state index contributed by atoms with van der Waals surface area (Å²) in [6.45, 7) is 4.11. The molecule has 5 nitrogen and oxygen atoms in total. The Morgan fingerprint density at radius 2 is 2.15 bits per heavy atom. The maximum Gasteiger partial charge on any atom is 0.319 e. The highest BCUT2D eigenvalue weighted by atomic mass is 19.1. The molecule has 0 radical (unpaired) electrons. The molecule has 1 atom stereocenters. The van der Waals surface area contributed by atoms with Crippen molar-refractivity contribution in [2.45, 2.75) is 26.4 Å². The van der Waals surface area contributed by atoms with Crippen molar-refractivity contribution in [1.29, 1.82) is 0 Å². The van der Waals surface area contributed by atoms with Crippen molar-refractivity contribution in [1.82, 2.24) is 5.32 Å². The molecule has 0 spiro atoms. The van der Waals surface area contributed by atoms with E-state index in [1.54, 1.807) is 0 Å². The van der Waals surface area contributed by atoms with E-state index in [4.69, 9.17) is 4.74 Å². The lowest BCUT2D eigenvalue weighted by Crippen LogP contribution is -2.35. The minimum atomic E-state index is -0.602. The number of carbonyl (C=O) groups is 1. The van der Waals surface area contributed by atoms with E-state index in [1.165, 1.54) is 25.3 Å². The van der Waals surface area contributed by atoms with E-state index >= 15 is 0 Å². The fourth-order valence-electron chi connectivity index (χ4n) is 1.78. The molecule has 0 saturated heterocycles. The first-order valence-electron chi connectivity index (χ1n) is 6.48. The number of urea groups is 1. The highest BCUT2D eigenvalue weighted by molar-refractivity contribution is 5.90. The van der Waals surface area contributed by atoms with Gasteiger partial charge in [-0.05, 0) is 24.5 Å². The van der Waals surface area contributed by atoms with Crippen LogP contribution in [0.2, 0.25) is 0 Å². The molecule has 0 aromatic heterocycles.